The Kier molecular flexibility index (Phi) is 5.38. The van der Waals surface area contributed by atoms with Gasteiger partial charge < -0.3 is 5.32 Å². The number of rotatable bonds is 4. The second-order valence-corrected chi connectivity index (χ2v) is 10.0. The van der Waals surface area contributed by atoms with Crippen LogP contribution in [0.25, 0.3) is 20.7 Å². The number of fused-ring (bicyclic) bond motifs is 1. The van der Waals surface area contributed by atoms with E-state index in [2.05, 4.69) is 37.1 Å². The van der Waals surface area contributed by atoms with Crippen molar-refractivity contribution < 1.29 is 4.79 Å². The molecule has 0 aromatic carbocycles. The lowest BCUT2D eigenvalue weighted by atomic mass is 9.78. The number of thiophene rings is 2. The van der Waals surface area contributed by atoms with E-state index >= 15 is 0 Å². The fourth-order valence-electron chi connectivity index (χ4n) is 4.03. The molecule has 1 saturated carbocycles. The molecule has 1 amide bonds. The molecule has 3 aromatic rings. The Labute approximate surface area is 172 Å². The van der Waals surface area contributed by atoms with E-state index in [0.29, 0.717) is 17.2 Å². The van der Waals surface area contributed by atoms with E-state index < -0.39 is 0 Å². The summed E-state index contributed by atoms with van der Waals surface area (Å²) in [6, 6.07) is 4.28. The van der Waals surface area contributed by atoms with E-state index in [1.165, 1.54) is 33.5 Å². The van der Waals surface area contributed by atoms with Gasteiger partial charge >= 0.3 is 0 Å². The first-order chi connectivity index (χ1) is 13.4. The molecule has 1 aliphatic carbocycles. The van der Waals surface area contributed by atoms with Crippen molar-refractivity contribution in [2.75, 3.05) is 0 Å². The summed E-state index contributed by atoms with van der Waals surface area (Å²) in [7, 11) is 0. The average Bonchev–Trinajstić information content (AvgIpc) is 3.28. The predicted molar refractivity (Wildman–Crippen MR) is 116 cm³/mol. The number of hydrogen-bond donors (Lipinski definition) is 1. The average molecular weight is 416 g/mol. The Hall–Kier alpha value is -1.99. The number of aromatic nitrogens is 2. The first-order valence-corrected chi connectivity index (χ1v) is 11.5. The lowest BCUT2D eigenvalue weighted by Crippen LogP contribution is -2.45. The van der Waals surface area contributed by atoms with Crippen LogP contribution in [0.1, 0.15) is 38.0 Å². The molecule has 28 heavy (non-hydrogen) atoms. The smallest absolute Gasteiger partial charge is 0.263 e. The first-order valence-electron chi connectivity index (χ1n) is 9.77. The van der Waals surface area contributed by atoms with Crippen molar-refractivity contribution >= 4 is 38.8 Å². The third kappa shape index (κ3) is 3.65. The standard InChI is InChI=1S/C21H25N3O2S2/c1-12-5-4-6-16(14(12)3)23-18(25)9-24-11-22-20-19(21(24)26)15(10-27-20)17-8-7-13(2)28-17/h7-8,10-12,14,16H,4-6,9H2,1-3H3,(H,23,25)/t12-,14-,16-/m0/s1. The highest BCUT2D eigenvalue weighted by Crippen LogP contribution is 2.35. The van der Waals surface area contributed by atoms with Crippen molar-refractivity contribution in [3.63, 3.8) is 0 Å². The molecule has 0 spiro atoms. The second kappa shape index (κ2) is 7.79. The van der Waals surface area contributed by atoms with Crippen molar-refractivity contribution in [3.8, 4) is 10.4 Å². The lowest BCUT2D eigenvalue weighted by molar-refractivity contribution is -0.123. The van der Waals surface area contributed by atoms with Crippen molar-refractivity contribution in [2.24, 2.45) is 11.8 Å². The molecule has 3 aromatic heterocycles. The summed E-state index contributed by atoms with van der Waals surface area (Å²) < 4.78 is 1.44. The zero-order chi connectivity index (χ0) is 19.8. The van der Waals surface area contributed by atoms with Crippen molar-refractivity contribution in [1.82, 2.24) is 14.9 Å². The van der Waals surface area contributed by atoms with Gasteiger partial charge in [0.2, 0.25) is 5.91 Å². The van der Waals surface area contributed by atoms with E-state index in [1.807, 2.05) is 11.4 Å². The lowest BCUT2D eigenvalue weighted by Gasteiger charge is -2.34. The van der Waals surface area contributed by atoms with Crippen LogP contribution in [0, 0.1) is 18.8 Å². The van der Waals surface area contributed by atoms with Gasteiger partial charge in [0, 0.05) is 26.7 Å². The summed E-state index contributed by atoms with van der Waals surface area (Å²) in [5.74, 6) is 0.959. The maximum atomic E-state index is 13.1. The van der Waals surface area contributed by atoms with E-state index in [-0.39, 0.29) is 24.1 Å². The Morgan fingerprint density at radius 2 is 2.14 bits per heavy atom. The molecule has 0 bridgehead atoms. The molecule has 0 saturated heterocycles. The largest absolute Gasteiger partial charge is 0.352 e. The maximum Gasteiger partial charge on any atom is 0.263 e. The number of nitrogens with one attached hydrogen (secondary N) is 1. The van der Waals surface area contributed by atoms with Gasteiger partial charge in [0.15, 0.2) is 0 Å². The summed E-state index contributed by atoms with van der Waals surface area (Å²) >= 11 is 3.13. The summed E-state index contributed by atoms with van der Waals surface area (Å²) in [5, 5.41) is 5.74. The topological polar surface area (TPSA) is 64.0 Å². The Morgan fingerprint density at radius 1 is 1.32 bits per heavy atom. The molecule has 0 radical (unpaired) electrons. The monoisotopic (exact) mass is 415 g/mol. The molecular formula is C21H25N3O2S2. The molecule has 1 fully saturated rings. The normalized spacial score (nSPS) is 22.5. The van der Waals surface area contributed by atoms with Crippen molar-refractivity contribution in [3.05, 3.63) is 39.1 Å². The fourth-order valence-corrected chi connectivity index (χ4v) is 5.90. The third-order valence-electron chi connectivity index (χ3n) is 5.93. The third-order valence-corrected chi connectivity index (χ3v) is 7.85. The number of carbonyl (C=O) groups excluding carboxylic acids is 1. The van der Waals surface area contributed by atoms with Gasteiger partial charge in [-0.3, -0.25) is 14.2 Å². The van der Waals surface area contributed by atoms with Gasteiger partial charge in [0.1, 0.15) is 11.4 Å². The summed E-state index contributed by atoms with van der Waals surface area (Å²) in [4.78, 5) is 33.1. The van der Waals surface area contributed by atoms with E-state index in [1.54, 1.807) is 11.3 Å². The number of aryl methyl sites for hydroxylation is 1. The van der Waals surface area contributed by atoms with Gasteiger partial charge in [-0.15, -0.1) is 22.7 Å². The first kappa shape index (κ1) is 19.3. The van der Waals surface area contributed by atoms with Gasteiger partial charge in [-0.2, -0.15) is 0 Å². The van der Waals surface area contributed by atoms with Crippen molar-refractivity contribution in [1.29, 1.82) is 0 Å². The fraction of sp³-hybridized carbons (Fsp3) is 0.476. The molecule has 7 heteroatoms. The van der Waals surface area contributed by atoms with Crippen LogP contribution in [0.5, 0.6) is 0 Å². The van der Waals surface area contributed by atoms with Crippen LogP contribution in [0.4, 0.5) is 0 Å². The summed E-state index contributed by atoms with van der Waals surface area (Å²) in [5.41, 5.74) is 0.771. The summed E-state index contributed by atoms with van der Waals surface area (Å²) in [6.45, 7) is 6.51. The molecule has 148 valence electrons. The molecule has 3 atom stereocenters. The SMILES string of the molecule is Cc1ccc(-c2csc3ncn(CC(=O)N[C@H]4CCC[C@H](C)[C@@H]4C)c(=O)c23)s1. The van der Waals surface area contributed by atoms with Crippen LogP contribution < -0.4 is 10.9 Å². The van der Waals surface area contributed by atoms with Gasteiger partial charge in [-0.05, 0) is 37.3 Å². The van der Waals surface area contributed by atoms with E-state index in [4.69, 9.17) is 0 Å². The van der Waals surface area contributed by atoms with Crippen LogP contribution in [0.2, 0.25) is 0 Å². The zero-order valence-corrected chi connectivity index (χ0v) is 18.0. The van der Waals surface area contributed by atoms with Crippen molar-refractivity contribution in [2.45, 2.75) is 52.6 Å². The van der Waals surface area contributed by atoms with Crippen LogP contribution >= 0.6 is 22.7 Å². The predicted octanol–water partition coefficient (Wildman–Crippen LogP) is 4.44. The minimum atomic E-state index is -0.146. The number of hydrogen-bond acceptors (Lipinski definition) is 5. The quantitative estimate of drug-likeness (QED) is 0.685. The van der Waals surface area contributed by atoms with E-state index in [9.17, 15) is 9.59 Å². The van der Waals surface area contributed by atoms with Gasteiger partial charge in [0.05, 0.1) is 11.7 Å². The van der Waals surface area contributed by atoms with Gasteiger partial charge in [-0.1, -0.05) is 26.7 Å². The molecule has 4 rings (SSSR count). The van der Waals surface area contributed by atoms with Crippen LogP contribution in [0.15, 0.2) is 28.6 Å². The van der Waals surface area contributed by atoms with E-state index in [0.717, 1.165) is 28.1 Å². The molecule has 1 aliphatic rings. The minimum absolute atomic E-state index is 0.0120. The number of amides is 1. The second-order valence-electron chi connectivity index (χ2n) is 7.86. The molecule has 1 N–H and O–H groups in total. The summed E-state index contributed by atoms with van der Waals surface area (Å²) in [6.07, 6.45) is 4.87. The van der Waals surface area contributed by atoms with Gasteiger partial charge in [0.25, 0.3) is 5.56 Å². The molecule has 0 aliphatic heterocycles. The minimum Gasteiger partial charge on any atom is -0.352 e. The number of carbonyl (C=O) groups is 1. The molecule has 0 unspecified atom stereocenters. The van der Waals surface area contributed by atoms with Crippen LogP contribution in [-0.4, -0.2) is 21.5 Å². The number of nitrogens with zero attached hydrogens (tertiary/aromatic N) is 2. The highest BCUT2D eigenvalue weighted by atomic mass is 32.1. The van der Waals surface area contributed by atoms with Crippen LogP contribution in [0.3, 0.4) is 0 Å². The highest BCUT2D eigenvalue weighted by Gasteiger charge is 2.28. The maximum absolute atomic E-state index is 13.1. The zero-order valence-electron chi connectivity index (χ0n) is 16.4. The Bertz CT molecular complexity index is 1070. The Balaban J connectivity index is 1.58. The molecule has 3 heterocycles. The van der Waals surface area contributed by atoms with Crippen LogP contribution in [-0.2, 0) is 11.3 Å². The van der Waals surface area contributed by atoms with Gasteiger partial charge in [-0.25, -0.2) is 4.98 Å². The Morgan fingerprint density at radius 3 is 2.89 bits per heavy atom. The highest BCUT2D eigenvalue weighted by molar-refractivity contribution is 7.19. The molecular weight excluding hydrogens is 390 g/mol. The molecule has 5 nitrogen and oxygen atoms in total.